The number of thiophene rings is 1. The fourth-order valence-corrected chi connectivity index (χ4v) is 3.30. The molecule has 1 aromatic heterocycles. The van der Waals surface area contributed by atoms with E-state index in [4.69, 9.17) is 25.8 Å². The van der Waals surface area contributed by atoms with Crippen LogP contribution in [0.3, 0.4) is 0 Å². The zero-order valence-electron chi connectivity index (χ0n) is 11.9. The van der Waals surface area contributed by atoms with E-state index in [-0.39, 0.29) is 5.38 Å². The minimum absolute atomic E-state index is 0.233. The lowest BCUT2D eigenvalue weighted by molar-refractivity contribution is 0.354. The van der Waals surface area contributed by atoms with Crippen molar-refractivity contribution in [3.8, 4) is 17.2 Å². The van der Waals surface area contributed by atoms with Crippen molar-refractivity contribution in [1.29, 1.82) is 0 Å². The normalized spacial score (nSPS) is 12.1. The van der Waals surface area contributed by atoms with Crippen LogP contribution >= 0.6 is 22.9 Å². The molecular weight excluding hydrogens is 296 g/mol. The summed E-state index contributed by atoms with van der Waals surface area (Å²) in [6.07, 6.45) is 0. The Morgan fingerprint density at radius 1 is 1.00 bits per heavy atom. The van der Waals surface area contributed by atoms with Crippen molar-refractivity contribution in [2.24, 2.45) is 0 Å². The molecule has 0 radical (unpaired) electrons. The number of methoxy groups -OCH3 is 3. The second-order valence-corrected chi connectivity index (χ2v) is 5.69. The molecule has 0 aliphatic carbocycles. The highest BCUT2D eigenvalue weighted by atomic mass is 35.5. The summed E-state index contributed by atoms with van der Waals surface area (Å²) in [5.74, 6) is 2.22. The summed E-state index contributed by atoms with van der Waals surface area (Å²) in [6.45, 7) is 2.01. The highest BCUT2D eigenvalue weighted by molar-refractivity contribution is 7.10. The molecule has 2 rings (SSSR count). The molecule has 3 nitrogen and oxygen atoms in total. The third-order valence-corrected chi connectivity index (χ3v) is 4.70. The van der Waals surface area contributed by atoms with Gasteiger partial charge in [0, 0.05) is 10.3 Å². The summed E-state index contributed by atoms with van der Waals surface area (Å²) in [6, 6.07) is 5.82. The number of halogens is 1. The second kappa shape index (κ2) is 6.37. The van der Waals surface area contributed by atoms with Gasteiger partial charge >= 0.3 is 0 Å². The van der Waals surface area contributed by atoms with Gasteiger partial charge in [-0.15, -0.1) is 22.9 Å². The molecule has 0 saturated carbocycles. The first-order valence-electron chi connectivity index (χ1n) is 6.09. The molecule has 1 unspecified atom stereocenters. The topological polar surface area (TPSA) is 27.7 Å². The fourth-order valence-electron chi connectivity index (χ4n) is 2.00. The molecule has 0 fully saturated rings. The van der Waals surface area contributed by atoms with E-state index in [1.807, 2.05) is 30.5 Å². The third-order valence-electron chi connectivity index (χ3n) is 3.13. The van der Waals surface area contributed by atoms with Crippen LogP contribution in [0.4, 0.5) is 0 Å². The Morgan fingerprint density at radius 3 is 2.20 bits per heavy atom. The molecule has 1 atom stereocenters. The van der Waals surface area contributed by atoms with Crippen molar-refractivity contribution in [3.05, 3.63) is 39.6 Å². The van der Waals surface area contributed by atoms with Crippen LogP contribution in [-0.4, -0.2) is 21.3 Å². The maximum Gasteiger partial charge on any atom is 0.161 e. The fraction of sp³-hybridized carbons (Fsp3) is 0.333. The molecule has 0 aliphatic rings. The standard InChI is InChI=1S/C15H17ClO3S/c1-9-5-12(18-3)13(19-4)7-11(9)15(16)14-6-10(17-2)8-20-14/h5-8,15H,1-4H3. The lowest BCUT2D eigenvalue weighted by Crippen LogP contribution is -1.98. The minimum atomic E-state index is -0.233. The summed E-state index contributed by atoms with van der Waals surface area (Å²) < 4.78 is 15.8. The Morgan fingerprint density at radius 2 is 1.65 bits per heavy atom. The van der Waals surface area contributed by atoms with Crippen LogP contribution < -0.4 is 14.2 Å². The van der Waals surface area contributed by atoms with Crippen molar-refractivity contribution in [2.75, 3.05) is 21.3 Å². The third kappa shape index (κ3) is 2.86. The quantitative estimate of drug-likeness (QED) is 0.765. The van der Waals surface area contributed by atoms with Crippen LogP contribution in [0.1, 0.15) is 21.4 Å². The van der Waals surface area contributed by atoms with Crippen LogP contribution in [0, 0.1) is 6.92 Å². The van der Waals surface area contributed by atoms with Crippen molar-refractivity contribution in [2.45, 2.75) is 12.3 Å². The number of alkyl halides is 1. The Hall–Kier alpha value is -1.39. The average molecular weight is 313 g/mol. The van der Waals surface area contributed by atoms with E-state index in [1.54, 1.807) is 32.7 Å². The molecule has 1 aromatic carbocycles. The van der Waals surface area contributed by atoms with Crippen LogP contribution in [0.15, 0.2) is 23.6 Å². The molecule has 0 N–H and O–H groups in total. The molecule has 5 heteroatoms. The molecule has 108 valence electrons. The van der Waals surface area contributed by atoms with Crippen molar-refractivity contribution in [3.63, 3.8) is 0 Å². The van der Waals surface area contributed by atoms with Gasteiger partial charge in [0.1, 0.15) is 5.75 Å². The van der Waals surface area contributed by atoms with Gasteiger partial charge in [0.2, 0.25) is 0 Å². The molecule has 0 spiro atoms. The van der Waals surface area contributed by atoms with Gasteiger partial charge < -0.3 is 14.2 Å². The number of hydrogen-bond acceptors (Lipinski definition) is 4. The average Bonchev–Trinajstić information content (AvgIpc) is 2.95. The molecule has 0 amide bonds. The van der Waals surface area contributed by atoms with E-state index in [9.17, 15) is 0 Å². The van der Waals surface area contributed by atoms with E-state index in [1.165, 1.54) is 0 Å². The number of rotatable bonds is 5. The molecule has 2 aromatic rings. The Balaban J connectivity index is 2.40. The molecule has 1 heterocycles. The second-order valence-electron chi connectivity index (χ2n) is 4.32. The molecular formula is C15H17ClO3S. The zero-order chi connectivity index (χ0) is 14.7. The smallest absolute Gasteiger partial charge is 0.161 e. The van der Waals surface area contributed by atoms with Gasteiger partial charge in [-0.1, -0.05) is 0 Å². The van der Waals surface area contributed by atoms with Crippen molar-refractivity contribution >= 4 is 22.9 Å². The Labute approximate surface area is 128 Å². The summed E-state index contributed by atoms with van der Waals surface area (Å²) in [7, 11) is 4.89. The lowest BCUT2D eigenvalue weighted by Gasteiger charge is -2.15. The van der Waals surface area contributed by atoms with Gasteiger partial charge in [0.15, 0.2) is 11.5 Å². The summed E-state index contributed by atoms with van der Waals surface area (Å²) in [4.78, 5) is 1.04. The maximum absolute atomic E-state index is 6.59. The van der Waals surface area contributed by atoms with E-state index >= 15 is 0 Å². The highest BCUT2D eigenvalue weighted by Gasteiger charge is 2.18. The predicted molar refractivity (Wildman–Crippen MR) is 82.9 cm³/mol. The van der Waals surface area contributed by atoms with Gasteiger partial charge in [0.25, 0.3) is 0 Å². The Bertz CT molecular complexity index is 595. The summed E-state index contributed by atoms with van der Waals surface area (Å²) >= 11 is 8.17. The summed E-state index contributed by atoms with van der Waals surface area (Å²) in [5.41, 5.74) is 2.07. The SMILES string of the molecule is COc1csc(C(Cl)c2cc(OC)c(OC)cc2C)c1. The molecule has 20 heavy (non-hydrogen) atoms. The Kier molecular flexibility index (Phi) is 4.78. The zero-order valence-corrected chi connectivity index (χ0v) is 13.5. The van der Waals surface area contributed by atoms with Gasteiger partial charge in [-0.25, -0.2) is 0 Å². The van der Waals surface area contributed by atoms with E-state index < -0.39 is 0 Å². The number of benzene rings is 1. The largest absolute Gasteiger partial charge is 0.496 e. The first kappa shape index (κ1) is 15.0. The highest BCUT2D eigenvalue weighted by Crippen LogP contribution is 2.40. The number of ether oxygens (including phenoxy) is 3. The monoisotopic (exact) mass is 312 g/mol. The lowest BCUT2D eigenvalue weighted by atomic mass is 10.0. The van der Waals surface area contributed by atoms with E-state index in [2.05, 4.69) is 0 Å². The van der Waals surface area contributed by atoms with Crippen LogP contribution in [0.5, 0.6) is 17.2 Å². The predicted octanol–water partition coefficient (Wildman–Crippen LogP) is 4.41. The van der Waals surface area contributed by atoms with Gasteiger partial charge in [-0.2, -0.15) is 0 Å². The van der Waals surface area contributed by atoms with Crippen molar-refractivity contribution in [1.82, 2.24) is 0 Å². The van der Waals surface area contributed by atoms with E-state index in [0.29, 0.717) is 11.5 Å². The number of hydrogen-bond donors (Lipinski definition) is 0. The molecule has 0 saturated heterocycles. The molecule has 0 aliphatic heterocycles. The van der Waals surface area contributed by atoms with Crippen LogP contribution in [0.25, 0.3) is 0 Å². The summed E-state index contributed by atoms with van der Waals surface area (Å²) in [5, 5.41) is 1.71. The number of aryl methyl sites for hydroxylation is 1. The first-order valence-corrected chi connectivity index (χ1v) is 7.41. The van der Waals surface area contributed by atoms with Crippen LogP contribution in [-0.2, 0) is 0 Å². The first-order chi connectivity index (χ1) is 9.60. The molecule has 0 bridgehead atoms. The minimum Gasteiger partial charge on any atom is -0.496 e. The maximum atomic E-state index is 6.59. The van der Waals surface area contributed by atoms with E-state index in [0.717, 1.165) is 21.8 Å². The van der Waals surface area contributed by atoms with Crippen LogP contribution in [0.2, 0.25) is 0 Å². The van der Waals surface area contributed by atoms with Gasteiger partial charge in [0.05, 0.1) is 26.7 Å². The van der Waals surface area contributed by atoms with Crippen molar-refractivity contribution < 1.29 is 14.2 Å². The van der Waals surface area contributed by atoms with Gasteiger partial charge in [-0.05, 0) is 36.2 Å². The van der Waals surface area contributed by atoms with Gasteiger partial charge in [-0.3, -0.25) is 0 Å².